The van der Waals surface area contributed by atoms with E-state index < -0.39 is 28.0 Å². The Morgan fingerprint density at radius 2 is 2.23 bits per heavy atom. The van der Waals surface area contributed by atoms with Gasteiger partial charge in [0.05, 0.1) is 12.8 Å². The monoisotopic (exact) mass is 207 g/mol. The Hall–Kier alpha value is -1.15. The molecule has 0 spiro atoms. The van der Waals surface area contributed by atoms with Gasteiger partial charge >= 0.3 is 6.03 Å². The highest BCUT2D eigenvalue weighted by atomic mass is 32.2. The zero-order chi connectivity index (χ0) is 10.2. The van der Waals surface area contributed by atoms with Crippen molar-refractivity contribution >= 4 is 22.0 Å². The fourth-order valence-electron chi connectivity index (χ4n) is 0.849. The Labute approximate surface area is 74.9 Å². The third-order valence-corrected chi connectivity index (χ3v) is 2.03. The van der Waals surface area contributed by atoms with Crippen LogP contribution in [0.25, 0.3) is 0 Å². The van der Waals surface area contributed by atoms with Crippen molar-refractivity contribution in [2.24, 2.45) is 5.73 Å². The van der Waals surface area contributed by atoms with Crippen LogP contribution in [-0.2, 0) is 14.8 Å². The molecule has 8 heteroatoms. The second-order valence-electron chi connectivity index (χ2n) is 2.73. The van der Waals surface area contributed by atoms with E-state index in [0.717, 1.165) is 11.2 Å². The zero-order valence-corrected chi connectivity index (χ0v) is 7.67. The smallest absolute Gasteiger partial charge is 0.318 e. The van der Waals surface area contributed by atoms with Crippen molar-refractivity contribution in [3.63, 3.8) is 0 Å². The van der Waals surface area contributed by atoms with Crippen LogP contribution in [0.3, 0.4) is 0 Å². The van der Waals surface area contributed by atoms with Crippen LogP contribution in [0, 0.1) is 0 Å². The van der Waals surface area contributed by atoms with Crippen molar-refractivity contribution in [2.75, 3.05) is 12.8 Å². The number of carbonyl (C=O) groups is 2. The molecule has 1 aliphatic heterocycles. The third kappa shape index (κ3) is 2.16. The second-order valence-corrected chi connectivity index (χ2v) is 4.48. The van der Waals surface area contributed by atoms with Gasteiger partial charge in [-0.05, 0) is 0 Å². The van der Waals surface area contributed by atoms with E-state index in [-0.39, 0.29) is 6.54 Å². The number of rotatable bonds is 1. The minimum Gasteiger partial charge on any atom is -0.318 e. The summed E-state index contributed by atoms with van der Waals surface area (Å²) in [7, 11) is -3.62. The van der Waals surface area contributed by atoms with Gasteiger partial charge in [-0.15, -0.1) is 0 Å². The van der Waals surface area contributed by atoms with Crippen molar-refractivity contribution in [1.29, 1.82) is 0 Å². The summed E-state index contributed by atoms with van der Waals surface area (Å²) < 4.78 is 22.8. The predicted molar refractivity (Wildman–Crippen MR) is 43.1 cm³/mol. The topological polar surface area (TPSA) is 110 Å². The molecule has 3 N–H and O–H groups in total. The largest absolute Gasteiger partial charge is 0.337 e. The Morgan fingerprint density at radius 3 is 2.54 bits per heavy atom. The van der Waals surface area contributed by atoms with E-state index in [0.29, 0.717) is 0 Å². The van der Waals surface area contributed by atoms with Gasteiger partial charge in [0.1, 0.15) is 6.04 Å². The molecule has 1 saturated heterocycles. The SMILES string of the molecule is CS(=O)(=O)NC(=O)N1CC(N)C1=O. The van der Waals surface area contributed by atoms with Crippen LogP contribution in [-0.4, -0.2) is 44.1 Å². The lowest BCUT2D eigenvalue weighted by Crippen LogP contribution is -2.65. The van der Waals surface area contributed by atoms with Gasteiger partial charge in [0.2, 0.25) is 15.9 Å². The molecule has 1 aliphatic rings. The maximum atomic E-state index is 11.0. The van der Waals surface area contributed by atoms with Gasteiger partial charge in [-0.25, -0.2) is 17.9 Å². The molecule has 0 aromatic heterocycles. The molecule has 1 fully saturated rings. The van der Waals surface area contributed by atoms with Crippen LogP contribution >= 0.6 is 0 Å². The fourth-order valence-corrected chi connectivity index (χ4v) is 1.28. The van der Waals surface area contributed by atoms with Crippen LogP contribution in [0.4, 0.5) is 4.79 Å². The molecule has 3 amide bonds. The van der Waals surface area contributed by atoms with E-state index in [4.69, 9.17) is 5.73 Å². The first-order chi connectivity index (χ1) is 5.81. The Kier molecular flexibility index (Phi) is 2.26. The molecule has 13 heavy (non-hydrogen) atoms. The summed E-state index contributed by atoms with van der Waals surface area (Å²) in [6.45, 7) is 0.0557. The zero-order valence-electron chi connectivity index (χ0n) is 6.85. The van der Waals surface area contributed by atoms with Crippen LogP contribution in [0.5, 0.6) is 0 Å². The predicted octanol–water partition coefficient (Wildman–Crippen LogP) is -2.17. The molecule has 0 bridgehead atoms. The maximum Gasteiger partial charge on any atom is 0.337 e. The van der Waals surface area contributed by atoms with E-state index in [2.05, 4.69) is 0 Å². The van der Waals surface area contributed by atoms with Gasteiger partial charge < -0.3 is 5.73 Å². The van der Waals surface area contributed by atoms with E-state index in [1.807, 2.05) is 0 Å². The van der Waals surface area contributed by atoms with Gasteiger partial charge in [-0.1, -0.05) is 0 Å². The number of carbonyl (C=O) groups excluding carboxylic acids is 2. The minimum atomic E-state index is -3.62. The summed E-state index contributed by atoms with van der Waals surface area (Å²) in [5.41, 5.74) is 5.19. The van der Waals surface area contributed by atoms with Crippen LogP contribution in [0.15, 0.2) is 0 Å². The first-order valence-electron chi connectivity index (χ1n) is 3.40. The van der Waals surface area contributed by atoms with Gasteiger partial charge in [0.15, 0.2) is 0 Å². The van der Waals surface area contributed by atoms with Gasteiger partial charge in [0.25, 0.3) is 0 Å². The van der Waals surface area contributed by atoms with Crippen LogP contribution < -0.4 is 10.5 Å². The summed E-state index contributed by atoms with van der Waals surface area (Å²) in [5.74, 6) is -0.568. The molecule has 0 aromatic carbocycles. The Morgan fingerprint density at radius 1 is 1.69 bits per heavy atom. The molecule has 0 aromatic rings. The van der Waals surface area contributed by atoms with Gasteiger partial charge in [-0.2, -0.15) is 0 Å². The lowest BCUT2D eigenvalue weighted by atomic mass is 10.1. The van der Waals surface area contributed by atoms with Crippen molar-refractivity contribution < 1.29 is 18.0 Å². The minimum absolute atomic E-state index is 0.0557. The van der Waals surface area contributed by atoms with Gasteiger partial charge in [-0.3, -0.25) is 9.69 Å². The first-order valence-corrected chi connectivity index (χ1v) is 5.29. The number of β-lactam (4-membered cyclic amide) rings is 1. The van der Waals surface area contributed by atoms with Crippen LogP contribution in [0.2, 0.25) is 0 Å². The highest BCUT2D eigenvalue weighted by molar-refractivity contribution is 7.89. The summed E-state index contributed by atoms with van der Waals surface area (Å²) in [4.78, 5) is 22.5. The van der Waals surface area contributed by atoms with E-state index in [1.54, 1.807) is 4.72 Å². The highest BCUT2D eigenvalue weighted by Gasteiger charge is 2.38. The number of hydrogen-bond acceptors (Lipinski definition) is 5. The highest BCUT2D eigenvalue weighted by Crippen LogP contribution is 2.07. The van der Waals surface area contributed by atoms with E-state index in [9.17, 15) is 18.0 Å². The number of urea groups is 1. The molecule has 1 heterocycles. The number of likely N-dealkylation sites (tertiary alicyclic amines) is 1. The Balaban J connectivity index is 2.57. The summed E-state index contributed by atoms with van der Waals surface area (Å²) in [6, 6.07) is -1.64. The molecule has 1 atom stereocenters. The maximum absolute atomic E-state index is 11.0. The molecule has 1 rings (SSSR count). The number of nitrogens with one attached hydrogen (secondary N) is 1. The lowest BCUT2D eigenvalue weighted by molar-refractivity contribution is -0.137. The lowest BCUT2D eigenvalue weighted by Gasteiger charge is -2.33. The quantitative estimate of drug-likeness (QED) is 0.475. The van der Waals surface area contributed by atoms with Crippen molar-refractivity contribution in [1.82, 2.24) is 9.62 Å². The number of imide groups is 1. The molecule has 7 nitrogen and oxygen atoms in total. The number of hydrogen-bond donors (Lipinski definition) is 2. The van der Waals surface area contributed by atoms with Crippen molar-refractivity contribution in [3.05, 3.63) is 0 Å². The third-order valence-electron chi connectivity index (χ3n) is 1.48. The first kappa shape index (κ1) is 9.93. The second kappa shape index (κ2) is 2.96. The fraction of sp³-hybridized carbons (Fsp3) is 0.600. The average molecular weight is 207 g/mol. The van der Waals surface area contributed by atoms with Crippen LogP contribution in [0.1, 0.15) is 0 Å². The molecular formula is C5H9N3O4S. The summed E-state index contributed by atoms with van der Waals surface area (Å²) in [6.07, 6.45) is 0.828. The van der Waals surface area contributed by atoms with E-state index in [1.165, 1.54) is 0 Å². The molecule has 0 saturated carbocycles. The number of nitrogens with two attached hydrogens (primary N) is 1. The number of amides is 3. The summed E-state index contributed by atoms with van der Waals surface area (Å²) >= 11 is 0. The standard InChI is InChI=1S/C5H9N3O4S/c1-13(11,12)7-5(10)8-2-3(6)4(8)9/h3H,2,6H2,1H3,(H,7,10). The molecule has 0 aliphatic carbocycles. The van der Waals surface area contributed by atoms with Crippen molar-refractivity contribution in [2.45, 2.75) is 6.04 Å². The molecule has 1 unspecified atom stereocenters. The van der Waals surface area contributed by atoms with E-state index >= 15 is 0 Å². The Bertz CT molecular complexity index is 349. The van der Waals surface area contributed by atoms with Gasteiger partial charge in [0, 0.05) is 0 Å². The number of sulfonamides is 1. The summed E-state index contributed by atoms with van der Waals surface area (Å²) in [5, 5.41) is 0. The molecular weight excluding hydrogens is 198 g/mol. The van der Waals surface area contributed by atoms with Crippen molar-refractivity contribution in [3.8, 4) is 0 Å². The average Bonchev–Trinajstić information content (AvgIpc) is 1.95. The molecule has 74 valence electrons. The molecule has 0 radical (unpaired) electrons. The normalized spacial score (nSPS) is 22.5. The number of nitrogens with zero attached hydrogens (tertiary/aromatic N) is 1.